The van der Waals surface area contributed by atoms with Crippen LogP contribution in [0.25, 0.3) is 11.1 Å². The maximum absolute atomic E-state index is 12.2. The Morgan fingerprint density at radius 3 is 2.19 bits per heavy atom. The van der Waals surface area contributed by atoms with E-state index >= 15 is 0 Å². The molecule has 0 saturated carbocycles. The summed E-state index contributed by atoms with van der Waals surface area (Å²) < 4.78 is 5.34. The van der Waals surface area contributed by atoms with E-state index in [2.05, 4.69) is 5.32 Å². The van der Waals surface area contributed by atoms with Crippen molar-refractivity contribution in [3.05, 3.63) is 59.7 Å². The summed E-state index contributed by atoms with van der Waals surface area (Å²) >= 11 is 0. The molecule has 2 aromatic carbocycles. The number of nitrogens with one attached hydrogen (secondary N) is 1. The standard InChI is InChI=1S/C21H20N2O4/c1-2-13(11-22)19(20(24)25)23-21(26)27-12-18-16-9-5-3-7-14(16)15-8-4-6-10-17(15)18/h3-10,13,18-19H,2,12H2,1H3,(H,23,26)(H,24,25). The van der Waals surface area contributed by atoms with Gasteiger partial charge in [0.1, 0.15) is 12.6 Å². The number of ether oxygens (including phenoxy) is 1. The van der Waals surface area contributed by atoms with Gasteiger partial charge in [0, 0.05) is 5.92 Å². The lowest BCUT2D eigenvalue weighted by Crippen LogP contribution is -2.45. The fourth-order valence-corrected chi connectivity index (χ4v) is 3.50. The molecular formula is C21H20N2O4. The van der Waals surface area contributed by atoms with E-state index in [0.717, 1.165) is 22.3 Å². The summed E-state index contributed by atoms with van der Waals surface area (Å²) in [4.78, 5) is 23.5. The zero-order valence-corrected chi connectivity index (χ0v) is 14.9. The average molecular weight is 364 g/mol. The summed E-state index contributed by atoms with van der Waals surface area (Å²) in [6.45, 7) is 1.79. The van der Waals surface area contributed by atoms with Crippen LogP contribution in [0, 0.1) is 17.2 Å². The molecule has 0 radical (unpaired) electrons. The molecular weight excluding hydrogens is 344 g/mol. The van der Waals surface area contributed by atoms with Crippen molar-refractivity contribution in [3.8, 4) is 17.2 Å². The Kier molecular flexibility index (Phi) is 5.41. The van der Waals surface area contributed by atoms with Crippen LogP contribution in [-0.4, -0.2) is 29.8 Å². The zero-order valence-electron chi connectivity index (χ0n) is 14.9. The summed E-state index contributed by atoms with van der Waals surface area (Å²) in [5, 5.41) is 20.7. The molecule has 0 fully saturated rings. The van der Waals surface area contributed by atoms with Gasteiger partial charge in [0.25, 0.3) is 0 Å². The number of benzene rings is 2. The van der Waals surface area contributed by atoms with Gasteiger partial charge in [0.05, 0.1) is 12.0 Å². The van der Waals surface area contributed by atoms with Gasteiger partial charge in [-0.1, -0.05) is 55.5 Å². The number of carboxylic acid groups (broad SMARTS) is 1. The molecule has 138 valence electrons. The van der Waals surface area contributed by atoms with Crippen molar-refractivity contribution in [1.82, 2.24) is 5.32 Å². The van der Waals surface area contributed by atoms with Gasteiger partial charge in [-0.25, -0.2) is 9.59 Å². The monoisotopic (exact) mass is 364 g/mol. The Morgan fingerprint density at radius 1 is 1.15 bits per heavy atom. The lowest BCUT2D eigenvalue weighted by atomic mass is 9.98. The molecule has 0 bridgehead atoms. The van der Waals surface area contributed by atoms with Crippen molar-refractivity contribution in [1.29, 1.82) is 5.26 Å². The van der Waals surface area contributed by atoms with Crippen molar-refractivity contribution < 1.29 is 19.4 Å². The second kappa shape index (κ2) is 7.92. The van der Waals surface area contributed by atoms with Crippen LogP contribution in [0.2, 0.25) is 0 Å². The lowest BCUT2D eigenvalue weighted by molar-refractivity contribution is -0.140. The Hall–Kier alpha value is -3.33. The number of hydrogen-bond donors (Lipinski definition) is 2. The summed E-state index contributed by atoms with van der Waals surface area (Å²) in [7, 11) is 0. The number of amides is 1. The molecule has 1 amide bonds. The molecule has 27 heavy (non-hydrogen) atoms. The van der Waals surface area contributed by atoms with E-state index in [0.29, 0.717) is 6.42 Å². The first kappa shape index (κ1) is 18.5. The van der Waals surface area contributed by atoms with Crippen LogP contribution in [0.15, 0.2) is 48.5 Å². The smallest absolute Gasteiger partial charge is 0.407 e. The van der Waals surface area contributed by atoms with Gasteiger partial charge >= 0.3 is 12.1 Å². The Bertz CT molecular complexity index is 858. The van der Waals surface area contributed by atoms with E-state index in [1.54, 1.807) is 6.92 Å². The minimum absolute atomic E-state index is 0.0928. The lowest BCUT2D eigenvalue weighted by Gasteiger charge is -2.19. The highest BCUT2D eigenvalue weighted by molar-refractivity contribution is 5.81. The molecule has 0 spiro atoms. The molecule has 0 aromatic heterocycles. The first-order valence-corrected chi connectivity index (χ1v) is 8.80. The first-order valence-electron chi connectivity index (χ1n) is 8.80. The van der Waals surface area contributed by atoms with Gasteiger partial charge in [-0.3, -0.25) is 0 Å². The third-order valence-electron chi connectivity index (χ3n) is 4.89. The molecule has 0 aliphatic heterocycles. The minimum atomic E-state index is -1.30. The van der Waals surface area contributed by atoms with Crippen LogP contribution in [-0.2, 0) is 9.53 Å². The van der Waals surface area contributed by atoms with Crippen LogP contribution < -0.4 is 5.32 Å². The number of nitrogens with zero attached hydrogens (tertiary/aromatic N) is 1. The highest BCUT2D eigenvalue weighted by Gasteiger charge is 2.31. The quantitative estimate of drug-likeness (QED) is 0.817. The Morgan fingerprint density at radius 2 is 1.70 bits per heavy atom. The number of hydrogen-bond acceptors (Lipinski definition) is 4. The number of carbonyl (C=O) groups excluding carboxylic acids is 1. The number of aliphatic carboxylic acids is 1. The van der Waals surface area contributed by atoms with E-state index in [1.807, 2.05) is 54.6 Å². The van der Waals surface area contributed by atoms with E-state index in [4.69, 9.17) is 10.00 Å². The van der Waals surface area contributed by atoms with Crippen molar-refractivity contribution in [3.63, 3.8) is 0 Å². The normalized spacial score (nSPS) is 14.4. The number of carbonyl (C=O) groups is 2. The summed E-state index contributed by atoms with van der Waals surface area (Å²) in [6, 6.07) is 16.5. The first-order chi connectivity index (χ1) is 13.1. The molecule has 6 nitrogen and oxygen atoms in total. The molecule has 1 aliphatic rings. The van der Waals surface area contributed by atoms with Gasteiger partial charge in [-0.05, 0) is 28.7 Å². The summed E-state index contributed by atoms with van der Waals surface area (Å²) in [6.07, 6.45) is -0.519. The van der Waals surface area contributed by atoms with Gasteiger partial charge in [-0.2, -0.15) is 5.26 Å². The fourth-order valence-electron chi connectivity index (χ4n) is 3.50. The second-order valence-electron chi connectivity index (χ2n) is 6.43. The number of rotatable bonds is 6. The predicted molar refractivity (Wildman–Crippen MR) is 99.0 cm³/mol. The van der Waals surface area contributed by atoms with Crippen molar-refractivity contribution >= 4 is 12.1 Å². The molecule has 1 aliphatic carbocycles. The molecule has 0 saturated heterocycles. The topological polar surface area (TPSA) is 99.4 Å². The Balaban J connectivity index is 1.72. The minimum Gasteiger partial charge on any atom is -0.480 e. The Labute approximate surface area is 157 Å². The number of alkyl carbamates (subject to hydrolysis) is 1. The van der Waals surface area contributed by atoms with Gasteiger partial charge < -0.3 is 15.2 Å². The average Bonchev–Trinajstić information content (AvgIpc) is 3.00. The third-order valence-corrected chi connectivity index (χ3v) is 4.89. The molecule has 6 heteroatoms. The van der Waals surface area contributed by atoms with Gasteiger partial charge in [0.2, 0.25) is 0 Å². The molecule has 2 aromatic rings. The van der Waals surface area contributed by atoms with Crippen LogP contribution in [0.3, 0.4) is 0 Å². The largest absolute Gasteiger partial charge is 0.480 e. The predicted octanol–water partition coefficient (Wildman–Crippen LogP) is 3.53. The van der Waals surface area contributed by atoms with E-state index in [-0.39, 0.29) is 12.5 Å². The van der Waals surface area contributed by atoms with Crippen molar-refractivity contribution in [2.75, 3.05) is 6.61 Å². The molecule has 2 atom stereocenters. The number of carboxylic acids is 1. The maximum Gasteiger partial charge on any atom is 0.407 e. The third kappa shape index (κ3) is 3.63. The zero-order chi connectivity index (χ0) is 19.4. The maximum atomic E-state index is 12.2. The number of fused-ring (bicyclic) bond motifs is 3. The van der Waals surface area contributed by atoms with Crippen LogP contribution in [0.1, 0.15) is 30.4 Å². The van der Waals surface area contributed by atoms with Crippen molar-refractivity contribution in [2.24, 2.45) is 5.92 Å². The highest BCUT2D eigenvalue weighted by atomic mass is 16.5. The highest BCUT2D eigenvalue weighted by Crippen LogP contribution is 2.44. The van der Waals surface area contributed by atoms with Crippen LogP contribution in [0.4, 0.5) is 4.79 Å². The fraction of sp³-hybridized carbons (Fsp3) is 0.286. The summed E-state index contributed by atoms with van der Waals surface area (Å²) in [5.41, 5.74) is 4.37. The molecule has 0 heterocycles. The van der Waals surface area contributed by atoms with E-state index in [1.165, 1.54) is 0 Å². The van der Waals surface area contributed by atoms with E-state index in [9.17, 15) is 14.7 Å². The number of nitriles is 1. The van der Waals surface area contributed by atoms with Gasteiger partial charge in [-0.15, -0.1) is 0 Å². The summed E-state index contributed by atoms with van der Waals surface area (Å²) in [5.74, 6) is -2.18. The van der Waals surface area contributed by atoms with Crippen LogP contribution in [0.5, 0.6) is 0 Å². The molecule has 2 unspecified atom stereocenters. The van der Waals surface area contributed by atoms with E-state index < -0.39 is 24.0 Å². The molecule has 3 rings (SSSR count). The SMILES string of the molecule is CCC(C#N)C(NC(=O)OCC1c2ccccc2-c2ccccc21)C(=O)O. The second-order valence-corrected chi connectivity index (χ2v) is 6.43. The van der Waals surface area contributed by atoms with Crippen LogP contribution >= 0.6 is 0 Å². The van der Waals surface area contributed by atoms with Gasteiger partial charge in [0.15, 0.2) is 0 Å². The van der Waals surface area contributed by atoms with Crippen molar-refractivity contribution in [2.45, 2.75) is 25.3 Å². The molecule has 2 N–H and O–H groups in total.